The van der Waals surface area contributed by atoms with E-state index in [0.29, 0.717) is 17.6 Å². The highest BCUT2D eigenvalue weighted by atomic mass is 32.2. The standard InChI is InChI=1S/C11H21NO2S/c1-11(4-2-6-15-11)8-12-7-10-3-5-13-9-14-10/h10,12H,2-9H2,1H3. The lowest BCUT2D eigenvalue weighted by Crippen LogP contribution is -2.39. The molecule has 2 aliphatic rings. The average molecular weight is 231 g/mol. The van der Waals surface area contributed by atoms with Crippen molar-refractivity contribution in [2.24, 2.45) is 0 Å². The number of ether oxygens (including phenoxy) is 2. The van der Waals surface area contributed by atoms with Crippen molar-refractivity contribution >= 4 is 11.8 Å². The Hall–Kier alpha value is 0.230. The van der Waals surface area contributed by atoms with Gasteiger partial charge in [0.1, 0.15) is 6.79 Å². The van der Waals surface area contributed by atoms with Gasteiger partial charge in [0, 0.05) is 17.8 Å². The lowest BCUT2D eigenvalue weighted by Gasteiger charge is -2.27. The predicted octanol–water partition coefficient (Wildman–Crippen LogP) is 1.62. The fourth-order valence-electron chi connectivity index (χ4n) is 2.14. The van der Waals surface area contributed by atoms with Gasteiger partial charge in [-0.05, 0) is 31.9 Å². The summed E-state index contributed by atoms with van der Waals surface area (Å²) < 4.78 is 11.1. The fourth-order valence-corrected chi connectivity index (χ4v) is 3.41. The summed E-state index contributed by atoms with van der Waals surface area (Å²) >= 11 is 2.10. The molecule has 2 atom stereocenters. The van der Waals surface area contributed by atoms with Crippen LogP contribution >= 0.6 is 11.8 Å². The summed E-state index contributed by atoms with van der Waals surface area (Å²) in [7, 11) is 0. The van der Waals surface area contributed by atoms with E-state index in [-0.39, 0.29) is 0 Å². The Morgan fingerprint density at radius 3 is 3.13 bits per heavy atom. The summed E-state index contributed by atoms with van der Waals surface area (Å²) in [4.78, 5) is 0. The first kappa shape index (κ1) is 11.7. The Bertz CT molecular complexity index is 189. The van der Waals surface area contributed by atoms with E-state index in [4.69, 9.17) is 9.47 Å². The third-order valence-electron chi connectivity index (χ3n) is 3.14. The first-order valence-electron chi connectivity index (χ1n) is 5.83. The number of thioether (sulfide) groups is 1. The number of hydrogen-bond acceptors (Lipinski definition) is 4. The van der Waals surface area contributed by atoms with E-state index in [1.54, 1.807) is 0 Å². The zero-order valence-corrected chi connectivity index (χ0v) is 10.3. The molecule has 0 aliphatic carbocycles. The van der Waals surface area contributed by atoms with Gasteiger partial charge >= 0.3 is 0 Å². The van der Waals surface area contributed by atoms with Gasteiger partial charge in [0.2, 0.25) is 0 Å². The molecule has 0 bridgehead atoms. The topological polar surface area (TPSA) is 30.5 Å². The molecule has 2 unspecified atom stereocenters. The van der Waals surface area contributed by atoms with E-state index in [0.717, 1.165) is 26.1 Å². The van der Waals surface area contributed by atoms with E-state index in [1.165, 1.54) is 18.6 Å². The first-order chi connectivity index (χ1) is 7.29. The second-order valence-corrected chi connectivity index (χ2v) is 6.32. The molecule has 3 nitrogen and oxygen atoms in total. The van der Waals surface area contributed by atoms with Crippen LogP contribution in [-0.4, -0.2) is 43.1 Å². The minimum absolute atomic E-state index is 0.355. The maximum absolute atomic E-state index is 5.48. The summed E-state index contributed by atoms with van der Waals surface area (Å²) in [5.41, 5.74) is 0. The average Bonchev–Trinajstić information content (AvgIpc) is 2.67. The monoisotopic (exact) mass is 231 g/mol. The van der Waals surface area contributed by atoms with Crippen LogP contribution in [0.2, 0.25) is 0 Å². The van der Waals surface area contributed by atoms with Gasteiger partial charge in [-0.3, -0.25) is 0 Å². The maximum Gasteiger partial charge on any atom is 0.147 e. The molecular weight excluding hydrogens is 210 g/mol. The summed E-state index contributed by atoms with van der Waals surface area (Å²) in [5.74, 6) is 1.33. The molecule has 2 aliphatic heterocycles. The lowest BCUT2D eigenvalue weighted by atomic mass is 10.1. The van der Waals surface area contributed by atoms with Crippen LogP contribution in [0.25, 0.3) is 0 Å². The van der Waals surface area contributed by atoms with Crippen molar-refractivity contribution in [1.29, 1.82) is 0 Å². The van der Waals surface area contributed by atoms with Crippen LogP contribution in [0.5, 0.6) is 0 Å². The minimum Gasteiger partial charge on any atom is -0.355 e. The third kappa shape index (κ3) is 3.63. The molecule has 1 N–H and O–H groups in total. The van der Waals surface area contributed by atoms with Crippen LogP contribution < -0.4 is 5.32 Å². The minimum atomic E-state index is 0.355. The second-order valence-electron chi connectivity index (χ2n) is 4.64. The summed E-state index contributed by atoms with van der Waals surface area (Å²) in [6, 6.07) is 0. The van der Waals surface area contributed by atoms with Crippen molar-refractivity contribution in [1.82, 2.24) is 5.32 Å². The highest BCUT2D eigenvalue weighted by Gasteiger charge is 2.29. The lowest BCUT2D eigenvalue weighted by molar-refractivity contribution is -0.137. The van der Waals surface area contributed by atoms with Crippen LogP contribution in [-0.2, 0) is 9.47 Å². The molecule has 2 rings (SSSR count). The van der Waals surface area contributed by atoms with Gasteiger partial charge in [-0.25, -0.2) is 0 Å². The van der Waals surface area contributed by atoms with Gasteiger partial charge in [0.15, 0.2) is 0 Å². The van der Waals surface area contributed by atoms with Crippen LogP contribution in [0.4, 0.5) is 0 Å². The smallest absolute Gasteiger partial charge is 0.147 e. The van der Waals surface area contributed by atoms with Gasteiger partial charge in [-0.1, -0.05) is 0 Å². The number of nitrogens with one attached hydrogen (secondary N) is 1. The van der Waals surface area contributed by atoms with E-state index in [9.17, 15) is 0 Å². The molecule has 0 amide bonds. The molecule has 0 aromatic rings. The van der Waals surface area contributed by atoms with Crippen LogP contribution in [0.1, 0.15) is 26.2 Å². The van der Waals surface area contributed by atoms with Gasteiger partial charge in [0.05, 0.1) is 12.7 Å². The van der Waals surface area contributed by atoms with Crippen molar-refractivity contribution in [3.05, 3.63) is 0 Å². The van der Waals surface area contributed by atoms with Gasteiger partial charge in [-0.2, -0.15) is 11.8 Å². The predicted molar refractivity (Wildman–Crippen MR) is 63.3 cm³/mol. The second kappa shape index (κ2) is 5.53. The summed E-state index contributed by atoms with van der Waals surface area (Å²) in [6.07, 6.45) is 4.10. The van der Waals surface area contributed by atoms with Crippen molar-refractivity contribution in [2.75, 3.05) is 32.2 Å². The molecular formula is C11H21NO2S. The molecule has 88 valence electrons. The molecule has 0 aromatic carbocycles. The Labute approximate surface area is 96.3 Å². The Balaban J connectivity index is 1.61. The summed E-state index contributed by atoms with van der Waals surface area (Å²) in [5, 5.41) is 3.54. The fraction of sp³-hybridized carbons (Fsp3) is 1.00. The number of hydrogen-bond donors (Lipinski definition) is 1. The van der Waals surface area contributed by atoms with E-state index >= 15 is 0 Å². The van der Waals surface area contributed by atoms with Gasteiger partial charge in [-0.15, -0.1) is 0 Å². The van der Waals surface area contributed by atoms with E-state index in [1.807, 2.05) is 0 Å². The van der Waals surface area contributed by atoms with Crippen molar-refractivity contribution in [2.45, 2.75) is 37.0 Å². The third-order valence-corrected chi connectivity index (χ3v) is 4.68. The Morgan fingerprint density at radius 2 is 2.47 bits per heavy atom. The molecule has 0 spiro atoms. The highest BCUT2D eigenvalue weighted by Crippen LogP contribution is 2.36. The van der Waals surface area contributed by atoms with Crippen molar-refractivity contribution in [3.8, 4) is 0 Å². The zero-order chi connectivity index (χ0) is 10.6. The molecule has 2 fully saturated rings. The normalized spacial score (nSPS) is 37.0. The summed E-state index contributed by atoms with van der Waals surface area (Å²) in [6.45, 7) is 5.76. The highest BCUT2D eigenvalue weighted by molar-refractivity contribution is 8.00. The molecule has 0 saturated carbocycles. The molecule has 15 heavy (non-hydrogen) atoms. The van der Waals surface area contributed by atoms with E-state index in [2.05, 4.69) is 24.0 Å². The largest absolute Gasteiger partial charge is 0.355 e. The van der Waals surface area contributed by atoms with Crippen LogP contribution in [0.15, 0.2) is 0 Å². The van der Waals surface area contributed by atoms with Gasteiger partial charge < -0.3 is 14.8 Å². The van der Waals surface area contributed by atoms with Crippen molar-refractivity contribution in [3.63, 3.8) is 0 Å². The molecule has 2 heterocycles. The molecule has 2 saturated heterocycles. The van der Waals surface area contributed by atoms with Crippen molar-refractivity contribution < 1.29 is 9.47 Å². The van der Waals surface area contributed by atoms with Crippen LogP contribution in [0.3, 0.4) is 0 Å². The Kier molecular flexibility index (Phi) is 4.31. The Morgan fingerprint density at radius 1 is 1.53 bits per heavy atom. The van der Waals surface area contributed by atoms with Crippen LogP contribution in [0, 0.1) is 0 Å². The maximum atomic E-state index is 5.48. The first-order valence-corrected chi connectivity index (χ1v) is 6.81. The zero-order valence-electron chi connectivity index (χ0n) is 9.46. The molecule has 0 aromatic heterocycles. The SMILES string of the molecule is CC1(CNCC2CCOCO2)CCCS1. The van der Waals surface area contributed by atoms with Gasteiger partial charge in [0.25, 0.3) is 0 Å². The quantitative estimate of drug-likeness (QED) is 0.796. The number of rotatable bonds is 4. The van der Waals surface area contributed by atoms with E-state index < -0.39 is 0 Å². The molecule has 0 radical (unpaired) electrons. The molecule has 4 heteroatoms.